The maximum Gasteiger partial charge on any atom is 0.338 e. The molecule has 0 aliphatic heterocycles. The number of ether oxygens (including phenoxy) is 1. The fourth-order valence-corrected chi connectivity index (χ4v) is 1.76. The monoisotopic (exact) mass is 236 g/mol. The van der Waals surface area contributed by atoms with Crippen LogP contribution in [0.15, 0.2) is 18.2 Å². The van der Waals surface area contributed by atoms with E-state index < -0.39 is 0 Å². The normalized spacial score (nSPS) is 12.5. The van der Waals surface area contributed by atoms with Crippen LogP contribution in [-0.2, 0) is 4.74 Å². The molecule has 0 amide bonds. The molecule has 1 aromatic carbocycles. The quantitative estimate of drug-likeness (QED) is 0.621. The van der Waals surface area contributed by atoms with Crippen LogP contribution >= 0.6 is 0 Å². The van der Waals surface area contributed by atoms with Crippen LogP contribution in [0, 0.1) is 5.92 Å². The summed E-state index contributed by atoms with van der Waals surface area (Å²) in [6, 6.07) is 4.75. The van der Waals surface area contributed by atoms with E-state index in [1.54, 1.807) is 18.2 Å². The second-order valence-electron chi connectivity index (χ2n) is 4.73. The molecule has 0 spiro atoms. The Morgan fingerprint density at radius 2 is 1.71 bits per heavy atom. The number of carbonyl (C=O) groups excluding carboxylic acids is 1. The average molecular weight is 236 g/mol. The molecule has 0 saturated heterocycles. The summed E-state index contributed by atoms with van der Waals surface area (Å²) in [5.74, 6) is 0.112. The van der Waals surface area contributed by atoms with Crippen LogP contribution < -0.4 is 11.5 Å². The Hall–Kier alpha value is -1.71. The molecule has 4 N–H and O–H groups in total. The van der Waals surface area contributed by atoms with Gasteiger partial charge in [-0.15, -0.1) is 0 Å². The first-order valence-electron chi connectivity index (χ1n) is 5.75. The molecule has 1 aromatic rings. The molecule has 0 aliphatic rings. The molecule has 4 heteroatoms. The molecular formula is C13H20N2O2. The first-order chi connectivity index (χ1) is 7.88. The van der Waals surface area contributed by atoms with Crippen molar-refractivity contribution in [3.05, 3.63) is 23.8 Å². The van der Waals surface area contributed by atoms with E-state index in [1.165, 1.54) is 0 Å². The van der Waals surface area contributed by atoms with Crippen molar-refractivity contribution < 1.29 is 9.53 Å². The summed E-state index contributed by atoms with van der Waals surface area (Å²) in [6.07, 6.45) is 0.731. The average Bonchev–Trinajstić information content (AvgIpc) is 2.14. The van der Waals surface area contributed by atoms with Gasteiger partial charge < -0.3 is 16.2 Å². The molecular weight excluding hydrogens is 216 g/mol. The van der Waals surface area contributed by atoms with Crippen molar-refractivity contribution in [2.75, 3.05) is 11.5 Å². The summed E-state index contributed by atoms with van der Waals surface area (Å²) in [4.78, 5) is 11.8. The van der Waals surface area contributed by atoms with Gasteiger partial charge >= 0.3 is 5.97 Å². The molecule has 0 heterocycles. The van der Waals surface area contributed by atoms with E-state index in [-0.39, 0.29) is 12.1 Å². The van der Waals surface area contributed by atoms with E-state index in [0.717, 1.165) is 6.42 Å². The molecule has 17 heavy (non-hydrogen) atoms. The molecule has 0 aliphatic carbocycles. The van der Waals surface area contributed by atoms with Gasteiger partial charge in [-0.3, -0.25) is 0 Å². The minimum atomic E-state index is -0.378. The third-order valence-corrected chi connectivity index (χ3v) is 2.32. The van der Waals surface area contributed by atoms with Crippen molar-refractivity contribution in [2.45, 2.75) is 33.3 Å². The molecule has 1 unspecified atom stereocenters. The van der Waals surface area contributed by atoms with E-state index >= 15 is 0 Å². The first-order valence-corrected chi connectivity index (χ1v) is 5.75. The van der Waals surface area contributed by atoms with Crippen molar-refractivity contribution in [1.82, 2.24) is 0 Å². The van der Waals surface area contributed by atoms with E-state index in [1.807, 2.05) is 6.92 Å². The van der Waals surface area contributed by atoms with Crippen LogP contribution in [0.1, 0.15) is 37.6 Å². The van der Waals surface area contributed by atoms with Crippen LogP contribution in [0.3, 0.4) is 0 Å². The first kappa shape index (κ1) is 13.4. The Morgan fingerprint density at radius 3 is 2.18 bits per heavy atom. The summed E-state index contributed by atoms with van der Waals surface area (Å²) < 4.78 is 5.31. The molecule has 0 aromatic heterocycles. The Kier molecular flexibility index (Phi) is 4.37. The molecule has 94 valence electrons. The van der Waals surface area contributed by atoms with Gasteiger partial charge in [-0.1, -0.05) is 13.8 Å². The second-order valence-corrected chi connectivity index (χ2v) is 4.73. The molecule has 1 atom stereocenters. The van der Waals surface area contributed by atoms with E-state index in [4.69, 9.17) is 16.2 Å². The maximum absolute atomic E-state index is 11.8. The van der Waals surface area contributed by atoms with Gasteiger partial charge in [0.1, 0.15) is 0 Å². The number of esters is 1. The second kappa shape index (κ2) is 5.57. The van der Waals surface area contributed by atoms with Gasteiger partial charge in [0.2, 0.25) is 0 Å². The van der Waals surface area contributed by atoms with Crippen LogP contribution in [0.25, 0.3) is 0 Å². The zero-order chi connectivity index (χ0) is 13.0. The fourth-order valence-electron chi connectivity index (χ4n) is 1.76. The highest BCUT2D eigenvalue weighted by atomic mass is 16.5. The summed E-state index contributed by atoms with van der Waals surface area (Å²) in [7, 11) is 0. The van der Waals surface area contributed by atoms with Gasteiger partial charge in [0.05, 0.1) is 11.7 Å². The molecule has 1 rings (SSSR count). The van der Waals surface area contributed by atoms with Crippen LogP contribution in [0.2, 0.25) is 0 Å². The van der Waals surface area contributed by atoms with Crippen molar-refractivity contribution in [3.63, 3.8) is 0 Å². The SMILES string of the molecule is CC(C)CC(C)OC(=O)c1cc(N)cc(N)c1. The summed E-state index contributed by atoms with van der Waals surface area (Å²) >= 11 is 0. The highest BCUT2D eigenvalue weighted by Crippen LogP contribution is 2.16. The molecule has 0 radical (unpaired) electrons. The molecule has 0 fully saturated rings. The van der Waals surface area contributed by atoms with E-state index in [2.05, 4.69) is 13.8 Å². The third-order valence-electron chi connectivity index (χ3n) is 2.32. The number of nitrogens with two attached hydrogens (primary N) is 2. The summed E-state index contributed by atoms with van der Waals surface area (Å²) in [5, 5.41) is 0. The van der Waals surface area contributed by atoms with Crippen molar-refractivity contribution >= 4 is 17.3 Å². The van der Waals surface area contributed by atoms with Gasteiger partial charge in [-0.2, -0.15) is 0 Å². The van der Waals surface area contributed by atoms with Gasteiger partial charge in [0.25, 0.3) is 0 Å². The lowest BCUT2D eigenvalue weighted by Crippen LogP contribution is -2.17. The van der Waals surface area contributed by atoms with Crippen molar-refractivity contribution in [3.8, 4) is 0 Å². The van der Waals surface area contributed by atoms with Gasteiger partial charge in [0, 0.05) is 11.4 Å². The lowest BCUT2D eigenvalue weighted by molar-refractivity contribution is 0.0300. The lowest BCUT2D eigenvalue weighted by atomic mass is 10.1. The Labute approximate surface area is 102 Å². The highest BCUT2D eigenvalue weighted by molar-refractivity contribution is 5.91. The lowest BCUT2D eigenvalue weighted by Gasteiger charge is -2.15. The standard InChI is InChI=1S/C13H20N2O2/c1-8(2)4-9(3)17-13(16)10-5-11(14)7-12(15)6-10/h5-9H,4,14-15H2,1-3H3. The van der Waals surface area contributed by atoms with Crippen LogP contribution in [0.5, 0.6) is 0 Å². The number of benzene rings is 1. The Morgan fingerprint density at radius 1 is 1.18 bits per heavy atom. The smallest absolute Gasteiger partial charge is 0.338 e. The predicted octanol–water partition coefficient (Wildman–Crippen LogP) is 2.44. The van der Waals surface area contributed by atoms with Gasteiger partial charge in [-0.05, 0) is 37.5 Å². The molecule has 4 nitrogen and oxygen atoms in total. The maximum atomic E-state index is 11.8. The molecule has 0 saturated carbocycles. The summed E-state index contributed by atoms with van der Waals surface area (Å²) in [6.45, 7) is 6.05. The largest absolute Gasteiger partial charge is 0.459 e. The number of nitrogen functional groups attached to an aromatic ring is 2. The number of rotatable bonds is 4. The van der Waals surface area contributed by atoms with Crippen molar-refractivity contribution in [2.24, 2.45) is 5.92 Å². The number of anilines is 2. The van der Waals surface area contributed by atoms with Gasteiger partial charge in [0.15, 0.2) is 0 Å². The van der Waals surface area contributed by atoms with Gasteiger partial charge in [-0.25, -0.2) is 4.79 Å². The third kappa shape index (κ3) is 4.34. The molecule has 0 bridgehead atoms. The number of hydrogen-bond acceptors (Lipinski definition) is 4. The van der Waals surface area contributed by atoms with Crippen molar-refractivity contribution in [1.29, 1.82) is 0 Å². The van der Waals surface area contributed by atoms with E-state index in [9.17, 15) is 4.79 Å². The summed E-state index contributed by atoms with van der Waals surface area (Å²) in [5.41, 5.74) is 12.6. The zero-order valence-electron chi connectivity index (χ0n) is 10.6. The predicted molar refractivity (Wildman–Crippen MR) is 69.6 cm³/mol. The Bertz CT molecular complexity index is 382. The number of hydrogen-bond donors (Lipinski definition) is 2. The zero-order valence-corrected chi connectivity index (χ0v) is 10.6. The fraction of sp³-hybridized carbons (Fsp3) is 0.462. The topological polar surface area (TPSA) is 78.3 Å². The minimum absolute atomic E-state index is 0.106. The Balaban J connectivity index is 2.69. The minimum Gasteiger partial charge on any atom is -0.459 e. The van der Waals surface area contributed by atoms with Crippen LogP contribution in [-0.4, -0.2) is 12.1 Å². The number of carbonyl (C=O) groups is 1. The highest BCUT2D eigenvalue weighted by Gasteiger charge is 2.14. The van der Waals surface area contributed by atoms with E-state index in [0.29, 0.717) is 22.9 Å². The van der Waals surface area contributed by atoms with Crippen LogP contribution in [0.4, 0.5) is 11.4 Å².